The highest BCUT2D eigenvalue weighted by Crippen LogP contribution is 2.30. The topological polar surface area (TPSA) is 37.0 Å². The van der Waals surface area contributed by atoms with Crippen molar-refractivity contribution in [2.75, 3.05) is 0 Å². The summed E-state index contributed by atoms with van der Waals surface area (Å²) in [6.45, 7) is 13.5. The molecule has 0 bridgehead atoms. The van der Waals surface area contributed by atoms with E-state index in [0.717, 1.165) is 33.4 Å². The highest BCUT2D eigenvalue weighted by Gasteiger charge is 2.15. The summed E-state index contributed by atoms with van der Waals surface area (Å²) in [4.78, 5) is 0. The molecule has 92 valence electrons. The molecule has 0 saturated carbocycles. The predicted octanol–water partition coefficient (Wildman–Crippen LogP) is 4.47. The van der Waals surface area contributed by atoms with Gasteiger partial charge in [0, 0.05) is 10.9 Å². The fourth-order valence-electron chi connectivity index (χ4n) is 2.04. The zero-order valence-corrected chi connectivity index (χ0v) is 11.1. The Kier molecular flexibility index (Phi) is 2.95. The van der Waals surface area contributed by atoms with Crippen LogP contribution in [0.15, 0.2) is 41.4 Å². The zero-order valence-electron chi connectivity index (χ0n) is 11.1. The lowest BCUT2D eigenvalue weighted by atomic mass is 9.98. The van der Waals surface area contributed by atoms with E-state index in [9.17, 15) is 0 Å². The van der Waals surface area contributed by atoms with Crippen molar-refractivity contribution in [3.63, 3.8) is 0 Å². The Labute approximate surface area is 107 Å². The molecule has 1 aromatic heterocycles. The van der Waals surface area contributed by atoms with Gasteiger partial charge in [0.25, 0.3) is 0 Å². The molecule has 2 heteroatoms. The summed E-state index contributed by atoms with van der Waals surface area (Å²) in [7, 11) is 0. The second-order valence-corrected chi connectivity index (χ2v) is 4.58. The van der Waals surface area contributed by atoms with E-state index in [0.29, 0.717) is 11.3 Å². The van der Waals surface area contributed by atoms with E-state index in [1.54, 1.807) is 6.08 Å². The van der Waals surface area contributed by atoms with Crippen LogP contribution in [0.25, 0.3) is 11.0 Å². The summed E-state index contributed by atoms with van der Waals surface area (Å²) in [5.41, 5.74) is 4.77. The minimum absolute atomic E-state index is 0.368. The molecule has 0 atom stereocenters. The minimum Gasteiger partial charge on any atom is -0.460 e. The van der Waals surface area contributed by atoms with E-state index in [-0.39, 0.29) is 0 Å². The SMILES string of the molecule is C=CC(=C)C(=N)c1cc(C)cc2c(C)c(C)oc12. The molecule has 0 amide bonds. The molecular weight excluding hydrogens is 222 g/mol. The number of aryl methyl sites for hydroxylation is 3. The summed E-state index contributed by atoms with van der Waals surface area (Å²) < 4.78 is 5.78. The Bertz CT molecular complexity index is 674. The molecule has 1 N–H and O–H groups in total. The fourth-order valence-corrected chi connectivity index (χ4v) is 2.04. The standard InChI is InChI=1S/C16H17NO/c1-6-10(3)15(17)14-8-9(2)7-13-11(4)12(5)18-16(13)14/h6-8,17H,1,3H2,2,4-5H3. The van der Waals surface area contributed by atoms with Crippen LogP contribution in [0.4, 0.5) is 0 Å². The molecule has 2 nitrogen and oxygen atoms in total. The lowest BCUT2D eigenvalue weighted by Gasteiger charge is -2.06. The Morgan fingerprint density at radius 3 is 2.56 bits per heavy atom. The number of benzene rings is 1. The maximum absolute atomic E-state index is 8.16. The first-order valence-electron chi connectivity index (χ1n) is 5.86. The maximum Gasteiger partial charge on any atom is 0.143 e. The highest BCUT2D eigenvalue weighted by atomic mass is 16.3. The van der Waals surface area contributed by atoms with Crippen molar-refractivity contribution in [3.8, 4) is 0 Å². The molecule has 0 spiro atoms. The quantitative estimate of drug-likeness (QED) is 0.622. The summed E-state index contributed by atoms with van der Waals surface area (Å²) in [6.07, 6.45) is 1.60. The molecule has 0 saturated heterocycles. The summed E-state index contributed by atoms with van der Waals surface area (Å²) in [5, 5.41) is 9.24. The van der Waals surface area contributed by atoms with Gasteiger partial charge in [-0.3, -0.25) is 5.41 Å². The molecule has 0 aliphatic rings. The van der Waals surface area contributed by atoms with Gasteiger partial charge in [0.1, 0.15) is 11.3 Å². The van der Waals surface area contributed by atoms with Crippen LogP contribution in [0.2, 0.25) is 0 Å². The van der Waals surface area contributed by atoms with Gasteiger partial charge in [0.15, 0.2) is 0 Å². The largest absolute Gasteiger partial charge is 0.460 e. The number of fused-ring (bicyclic) bond motifs is 1. The lowest BCUT2D eigenvalue weighted by Crippen LogP contribution is -2.01. The van der Waals surface area contributed by atoms with E-state index >= 15 is 0 Å². The van der Waals surface area contributed by atoms with Gasteiger partial charge in [-0.15, -0.1) is 0 Å². The molecule has 1 aromatic carbocycles. The first kappa shape index (κ1) is 12.4. The highest BCUT2D eigenvalue weighted by molar-refractivity contribution is 6.17. The van der Waals surface area contributed by atoms with Crippen molar-refractivity contribution in [2.24, 2.45) is 0 Å². The number of rotatable bonds is 3. The molecule has 0 aliphatic heterocycles. The molecular formula is C16H17NO. The number of allylic oxidation sites excluding steroid dienone is 2. The fraction of sp³-hybridized carbons (Fsp3) is 0.188. The van der Waals surface area contributed by atoms with Crippen LogP contribution in [-0.4, -0.2) is 5.71 Å². The Morgan fingerprint density at radius 1 is 1.28 bits per heavy atom. The molecule has 18 heavy (non-hydrogen) atoms. The average molecular weight is 239 g/mol. The normalized spacial score (nSPS) is 10.6. The van der Waals surface area contributed by atoms with Crippen LogP contribution < -0.4 is 0 Å². The lowest BCUT2D eigenvalue weighted by molar-refractivity contribution is 0.574. The van der Waals surface area contributed by atoms with Gasteiger partial charge >= 0.3 is 0 Å². The van der Waals surface area contributed by atoms with Crippen LogP contribution in [0.1, 0.15) is 22.5 Å². The van der Waals surface area contributed by atoms with E-state index < -0.39 is 0 Å². The molecule has 0 fully saturated rings. The van der Waals surface area contributed by atoms with Crippen molar-refractivity contribution in [3.05, 3.63) is 59.4 Å². The molecule has 2 rings (SSSR count). The zero-order chi connectivity index (χ0) is 13.4. The van der Waals surface area contributed by atoms with Gasteiger partial charge in [0.2, 0.25) is 0 Å². The average Bonchev–Trinajstić information content (AvgIpc) is 2.63. The van der Waals surface area contributed by atoms with E-state index in [1.165, 1.54) is 0 Å². The summed E-state index contributed by atoms with van der Waals surface area (Å²) >= 11 is 0. The third-order valence-corrected chi connectivity index (χ3v) is 3.26. The minimum atomic E-state index is 0.368. The van der Waals surface area contributed by atoms with Crippen molar-refractivity contribution < 1.29 is 4.42 Å². The first-order chi connectivity index (χ1) is 8.45. The summed E-state index contributed by atoms with van der Waals surface area (Å²) in [6, 6.07) is 4.05. The smallest absolute Gasteiger partial charge is 0.143 e. The Hall–Kier alpha value is -2.09. The van der Waals surface area contributed by atoms with Crippen molar-refractivity contribution in [1.82, 2.24) is 0 Å². The van der Waals surface area contributed by atoms with Gasteiger partial charge in [-0.25, -0.2) is 0 Å². The number of hydrogen-bond acceptors (Lipinski definition) is 2. The van der Waals surface area contributed by atoms with Gasteiger partial charge in [-0.2, -0.15) is 0 Å². The predicted molar refractivity (Wildman–Crippen MR) is 76.6 cm³/mol. The van der Waals surface area contributed by atoms with E-state index in [1.807, 2.05) is 26.8 Å². The molecule has 1 heterocycles. The van der Waals surface area contributed by atoms with E-state index in [2.05, 4.69) is 19.2 Å². The molecule has 2 aromatic rings. The third-order valence-electron chi connectivity index (χ3n) is 3.26. The Balaban J connectivity index is 2.78. The van der Waals surface area contributed by atoms with E-state index in [4.69, 9.17) is 9.83 Å². The molecule has 0 aliphatic carbocycles. The number of furan rings is 1. The van der Waals surface area contributed by atoms with Crippen LogP contribution in [0.5, 0.6) is 0 Å². The monoisotopic (exact) mass is 239 g/mol. The van der Waals surface area contributed by atoms with Crippen molar-refractivity contribution in [1.29, 1.82) is 5.41 Å². The van der Waals surface area contributed by atoms with Gasteiger partial charge in [0.05, 0.1) is 5.71 Å². The third kappa shape index (κ3) is 1.80. The van der Waals surface area contributed by atoms with Gasteiger partial charge in [-0.1, -0.05) is 19.2 Å². The van der Waals surface area contributed by atoms with Gasteiger partial charge in [-0.05, 0) is 49.6 Å². The van der Waals surface area contributed by atoms with Gasteiger partial charge < -0.3 is 4.42 Å². The van der Waals surface area contributed by atoms with Crippen LogP contribution in [0, 0.1) is 26.2 Å². The summed E-state index contributed by atoms with van der Waals surface area (Å²) in [5.74, 6) is 0.897. The molecule has 0 unspecified atom stereocenters. The van der Waals surface area contributed by atoms with Crippen LogP contribution >= 0.6 is 0 Å². The van der Waals surface area contributed by atoms with Crippen molar-refractivity contribution in [2.45, 2.75) is 20.8 Å². The first-order valence-corrected chi connectivity index (χ1v) is 5.86. The van der Waals surface area contributed by atoms with Crippen LogP contribution in [0.3, 0.4) is 0 Å². The Morgan fingerprint density at radius 2 is 1.94 bits per heavy atom. The van der Waals surface area contributed by atoms with Crippen LogP contribution in [-0.2, 0) is 0 Å². The molecule has 0 radical (unpaired) electrons. The van der Waals surface area contributed by atoms with Crippen molar-refractivity contribution >= 4 is 16.7 Å². The number of nitrogens with one attached hydrogen (secondary N) is 1. The second-order valence-electron chi connectivity index (χ2n) is 4.58. The maximum atomic E-state index is 8.16. The second kappa shape index (κ2) is 4.30. The number of hydrogen-bond donors (Lipinski definition) is 1.